The van der Waals surface area contributed by atoms with Crippen LogP contribution in [0, 0.1) is 27.7 Å². The van der Waals surface area contributed by atoms with Crippen molar-refractivity contribution in [3.8, 4) is 11.4 Å². The molecule has 3 rings (SSSR count). The minimum absolute atomic E-state index is 0.516. The number of hydrogen-bond donors (Lipinski definition) is 0. The summed E-state index contributed by atoms with van der Waals surface area (Å²) in [5.74, 6) is 0.692. The van der Waals surface area contributed by atoms with Gasteiger partial charge in [0.05, 0.1) is 5.52 Å². The van der Waals surface area contributed by atoms with Gasteiger partial charge in [0.25, 0.3) is 0 Å². The molecular weight excluding hydrogens is 280 g/mol. The van der Waals surface area contributed by atoms with E-state index in [0.717, 1.165) is 27.6 Å². The molecule has 0 spiro atoms. The second kappa shape index (κ2) is 5.12. The lowest BCUT2D eigenvalue weighted by molar-refractivity contribution is 1.20. The van der Waals surface area contributed by atoms with Crippen LogP contribution in [-0.2, 0) is 0 Å². The van der Waals surface area contributed by atoms with E-state index < -0.39 is 0 Å². The zero-order chi connectivity index (χ0) is 15.1. The molecule has 0 bridgehead atoms. The highest BCUT2D eigenvalue weighted by Crippen LogP contribution is 2.29. The maximum atomic E-state index is 6.39. The van der Waals surface area contributed by atoms with E-state index >= 15 is 0 Å². The van der Waals surface area contributed by atoms with Gasteiger partial charge in [-0.2, -0.15) is 0 Å². The van der Waals surface area contributed by atoms with Gasteiger partial charge in [-0.3, -0.25) is 0 Å². The third-order valence-corrected chi connectivity index (χ3v) is 4.00. The molecule has 0 fully saturated rings. The number of rotatable bonds is 1. The SMILES string of the molecule is Cc1ccc(-c2nc(Cl)c3cc(C)cc(C)c3n2)c(C)c1. The Labute approximate surface area is 129 Å². The predicted molar refractivity (Wildman–Crippen MR) is 88.9 cm³/mol. The molecule has 1 aromatic heterocycles. The molecule has 3 aromatic rings. The van der Waals surface area contributed by atoms with Crippen molar-refractivity contribution in [2.75, 3.05) is 0 Å². The maximum Gasteiger partial charge on any atom is 0.161 e. The summed E-state index contributed by atoms with van der Waals surface area (Å²) in [7, 11) is 0. The maximum absolute atomic E-state index is 6.39. The highest BCUT2D eigenvalue weighted by Gasteiger charge is 2.12. The van der Waals surface area contributed by atoms with Crippen LogP contribution in [0.4, 0.5) is 0 Å². The van der Waals surface area contributed by atoms with Crippen LogP contribution in [0.2, 0.25) is 5.15 Å². The average Bonchev–Trinajstić information content (AvgIpc) is 2.40. The largest absolute Gasteiger partial charge is 0.228 e. The average molecular weight is 297 g/mol. The lowest BCUT2D eigenvalue weighted by atomic mass is 10.0. The molecule has 0 unspecified atom stereocenters. The Morgan fingerprint density at radius 1 is 0.810 bits per heavy atom. The Hall–Kier alpha value is -1.93. The standard InChI is InChI=1S/C18H17ClN2/c1-10-5-6-14(12(3)7-10)18-20-16-13(4)8-11(2)9-15(16)17(19)21-18/h5-9H,1-4H3. The smallest absolute Gasteiger partial charge is 0.161 e. The van der Waals surface area contributed by atoms with Crippen molar-refractivity contribution in [1.29, 1.82) is 0 Å². The van der Waals surface area contributed by atoms with Gasteiger partial charge in [0, 0.05) is 10.9 Å². The summed E-state index contributed by atoms with van der Waals surface area (Å²) in [5, 5.41) is 1.43. The van der Waals surface area contributed by atoms with E-state index in [1.165, 1.54) is 11.1 Å². The van der Waals surface area contributed by atoms with Gasteiger partial charge in [-0.1, -0.05) is 47.0 Å². The zero-order valence-electron chi connectivity index (χ0n) is 12.7. The van der Waals surface area contributed by atoms with Crippen molar-refractivity contribution < 1.29 is 0 Å². The number of benzene rings is 2. The molecule has 0 aliphatic rings. The number of fused-ring (bicyclic) bond motifs is 1. The summed E-state index contributed by atoms with van der Waals surface area (Å²) < 4.78 is 0. The first-order chi connectivity index (χ1) is 9.95. The molecule has 0 saturated carbocycles. The van der Waals surface area contributed by atoms with Gasteiger partial charge in [-0.05, 0) is 44.9 Å². The number of nitrogens with zero attached hydrogens (tertiary/aromatic N) is 2. The van der Waals surface area contributed by atoms with Gasteiger partial charge < -0.3 is 0 Å². The molecule has 0 atom stereocenters. The second-order valence-electron chi connectivity index (χ2n) is 5.63. The third kappa shape index (κ3) is 2.52. The lowest BCUT2D eigenvalue weighted by Crippen LogP contribution is -1.96. The van der Waals surface area contributed by atoms with Gasteiger partial charge in [0.15, 0.2) is 5.82 Å². The molecule has 106 valence electrons. The van der Waals surface area contributed by atoms with Crippen molar-refractivity contribution in [2.24, 2.45) is 0 Å². The topological polar surface area (TPSA) is 25.8 Å². The third-order valence-electron chi connectivity index (χ3n) is 3.71. The second-order valence-corrected chi connectivity index (χ2v) is 5.99. The summed E-state index contributed by atoms with van der Waals surface area (Å²) in [4.78, 5) is 9.24. The van der Waals surface area contributed by atoms with Crippen LogP contribution in [-0.4, -0.2) is 9.97 Å². The van der Waals surface area contributed by atoms with Gasteiger partial charge in [0.1, 0.15) is 5.15 Å². The number of aromatic nitrogens is 2. The molecule has 21 heavy (non-hydrogen) atoms. The molecule has 0 aliphatic heterocycles. The number of aryl methyl sites for hydroxylation is 4. The van der Waals surface area contributed by atoms with Crippen molar-refractivity contribution in [2.45, 2.75) is 27.7 Å². The van der Waals surface area contributed by atoms with Crippen LogP contribution in [0.1, 0.15) is 22.3 Å². The fourth-order valence-electron chi connectivity index (χ4n) is 2.73. The van der Waals surface area contributed by atoms with Crippen molar-refractivity contribution in [3.63, 3.8) is 0 Å². The summed E-state index contributed by atoms with van der Waals surface area (Å²) in [6.45, 7) is 8.27. The van der Waals surface area contributed by atoms with Gasteiger partial charge >= 0.3 is 0 Å². The van der Waals surface area contributed by atoms with E-state index in [0.29, 0.717) is 11.0 Å². The van der Waals surface area contributed by atoms with Crippen LogP contribution >= 0.6 is 11.6 Å². The van der Waals surface area contributed by atoms with Gasteiger partial charge in [0.2, 0.25) is 0 Å². The first-order valence-electron chi connectivity index (χ1n) is 6.98. The Kier molecular flexibility index (Phi) is 3.42. The molecule has 0 aliphatic carbocycles. The van der Waals surface area contributed by atoms with Crippen LogP contribution in [0.25, 0.3) is 22.3 Å². The molecule has 0 amide bonds. The Morgan fingerprint density at radius 3 is 2.24 bits per heavy atom. The monoisotopic (exact) mass is 296 g/mol. The molecular formula is C18H17ClN2. The minimum Gasteiger partial charge on any atom is -0.228 e. The summed E-state index contributed by atoms with van der Waals surface area (Å²) in [6, 6.07) is 10.4. The fourth-order valence-corrected chi connectivity index (χ4v) is 2.96. The fraction of sp³-hybridized carbons (Fsp3) is 0.222. The van der Waals surface area contributed by atoms with Gasteiger partial charge in [-0.15, -0.1) is 0 Å². The molecule has 2 nitrogen and oxygen atoms in total. The van der Waals surface area contributed by atoms with E-state index in [9.17, 15) is 0 Å². The normalized spacial score (nSPS) is 11.1. The summed E-state index contributed by atoms with van der Waals surface area (Å²) in [6.07, 6.45) is 0. The van der Waals surface area contributed by atoms with Crippen LogP contribution in [0.5, 0.6) is 0 Å². The number of halogens is 1. The van der Waals surface area contributed by atoms with Crippen molar-refractivity contribution in [1.82, 2.24) is 9.97 Å². The Balaban J connectivity index is 2.30. The molecule has 0 saturated heterocycles. The van der Waals surface area contributed by atoms with E-state index in [2.05, 4.69) is 56.9 Å². The van der Waals surface area contributed by atoms with E-state index in [4.69, 9.17) is 16.6 Å². The molecule has 2 aromatic carbocycles. The van der Waals surface area contributed by atoms with E-state index in [-0.39, 0.29) is 0 Å². The summed E-state index contributed by atoms with van der Waals surface area (Å²) in [5.41, 5.74) is 6.65. The van der Waals surface area contributed by atoms with Crippen LogP contribution in [0.3, 0.4) is 0 Å². The molecule has 0 radical (unpaired) electrons. The Morgan fingerprint density at radius 2 is 1.52 bits per heavy atom. The highest BCUT2D eigenvalue weighted by molar-refractivity contribution is 6.34. The quantitative estimate of drug-likeness (QED) is 0.578. The first kappa shape index (κ1) is 14.0. The zero-order valence-corrected chi connectivity index (χ0v) is 13.4. The van der Waals surface area contributed by atoms with Crippen molar-refractivity contribution in [3.05, 3.63) is 57.7 Å². The molecule has 0 N–H and O–H groups in total. The highest BCUT2D eigenvalue weighted by atomic mass is 35.5. The molecule has 1 heterocycles. The Bertz CT molecular complexity index is 853. The molecule has 3 heteroatoms. The van der Waals surface area contributed by atoms with Crippen LogP contribution in [0.15, 0.2) is 30.3 Å². The van der Waals surface area contributed by atoms with E-state index in [1.54, 1.807) is 0 Å². The lowest BCUT2D eigenvalue weighted by Gasteiger charge is -2.10. The predicted octanol–water partition coefficient (Wildman–Crippen LogP) is 5.18. The minimum atomic E-state index is 0.516. The number of hydrogen-bond acceptors (Lipinski definition) is 2. The van der Waals surface area contributed by atoms with Crippen LogP contribution < -0.4 is 0 Å². The van der Waals surface area contributed by atoms with Gasteiger partial charge in [-0.25, -0.2) is 9.97 Å². The van der Waals surface area contributed by atoms with E-state index in [1.807, 2.05) is 6.07 Å². The van der Waals surface area contributed by atoms with Crippen molar-refractivity contribution >= 4 is 22.5 Å². The first-order valence-corrected chi connectivity index (χ1v) is 7.35. The summed E-state index contributed by atoms with van der Waals surface area (Å²) >= 11 is 6.39.